The molecule has 0 bridgehead atoms. The molecule has 2 saturated carbocycles. The van der Waals surface area contributed by atoms with E-state index in [9.17, 15) is 9.18 Å². The minimum absolute atomic E-state index is 0.0922. The fraction of sp³-hybridized carbons (Fsp3) is 0.692. The maximum Gasteiger partial charge on any atom is 0.308 e. The molecule has 1 aromatic rings. The Balaban J connectivity index is 1.22. The third kappa shape index (κ3) is 6.29. The molecule has 0 aromatic heterocycles. The molecule has 5 heteroatoms. The standard InChI is InChI=1S/C26H36FO4/c1-18-7-8-20-13-21(27)9-11-25(20)24(18)12-10-22-14-23(15-26(28)31-22)30-17-29-16-19-5-3-2-4-6-19/h2-6,11,18,20-25H,7-10,12-17H2,1H3. The van der Waals surface area contributed by atoms with E-state index in [1.807, 2.05) is 30.3 Å². The molecule has 1 aromatic carbocycles. The number of esters is 1. The van der Waals surface area contributed by atoms with Crippen molar-refractivity contribution in [2.24, 2.45) is 23.7 Å². The van der Waals surface area contributed by atoms with Crippen molar-refractivity contribution in [3.8, 4) is 0 Å². The lowest BCUT2D eigenvalue weighted by atomic mass is 9.60. The van der Waals surface area contributed by atoms with E-state index in [0.717, 1.165) is 37.7 Å². The fourth-order valence-corrected chi connectivity index (χ4v) is 5.87. The topological polar surface area (TPSA) is 44.8 Å². The summed E-state index contributed by atoms with van der Waals surface area (Å²) >= 11 is 0. The second-order valence-electron chi connectivity index (χ2n) is 9.73. The zero-order chi connectivity index (χ0) is 21.6. The molecule has 0 spiro atoms. The van der Waals surface area contributed by atoms with Crippen molar-refractivity contribution in [3.63, 3.8) is 0 Å². The van der Waals surface area contributed by atoms with Gasteiger partial charge in [-0.15, -0.1) is 0 Å². The van der Waals surface area contributed by atoms with Crippen molar-refractivity contribution in [1.29, 1.82) is 0 Å². The molecule has 3 aliphatic rings. The van der Waals surface area contributed by atoms with Crippen molar-refractivity contribution in [2.75, 3.05) is 6.79 Å². The number of rotatable bonds is 8. The van der Waals surface area contributed by atoms with Gasteiger partial charge in [-0.1, -0.05) is 43.7 Å². The quantitative estimate of drug-likeness (QED) is 0.303. The maximum atomic E-state index is 13.9. The van der Waals surface area contributed by atoms with Gasteiger partial charge in [0.1, 0.15) is 19.1 Å². The SMILES string of the molecule is CC1CCC2CC(F)C[CH]C2C1CCC1CC(OCOCc2ccccc2)CC(=O)O1. The van der Waals surface area contributed by atoms with Crippen LogP contribution in [-0.2, 0) is 25.6 Å². The minimum Gasteiger partial charge on any atom is -0.462 e. The predicted molar refractivity (Wildman–Crippen MR) is 117 cm³/mol. The summed E-state index contributed by atoms with van der Waals surface area (Å²) in [7, 11) is 0. The van der Waals surface area contributed by atoms with E-state index in [2.05, 4.69) is 13.3 Å². The van der Waals surface area contributed by atoms with E-state index in [-0.39, 0.29) is 25.0 Å². The van der Waals surface area contributed by atoms with Crippen LogP contribution in [0.4, 0.5) is 4.39 Å². The summed E-state index contributed by atoms with van der Waals surface area (Å²) < 4.78 is 31.0. The molecule has 0 N–H and O–H groups in total. The Kier molecular flexibility index (Phi) is 8.00. The third-order valence-corrected chi connectivity index (χ3v) is 7.52. The van der Waals surface area contributed by atoms with E-state index in [0.29, 0.717) is 43.1 Å². The molecule has 7 atom stereocenters. The summed E-state index contributed by atoms with van der Waals surface area (Å²) in [6.07, 6.45) is 7.93. The number of benzene rings is 1. The van der Waals surface area contributed by atoms with E-state index in [1.54, 1.807) is 0 Å². The fourth-order valence-electron chi connectivity index (χ4n) is 5.87. The van der Waals surface area contributed by atoms with E-state index in [4.69, 9.17) is 14.2 Å². The molecule has 1 saturated heterocycles. The number of halogens is 1. The van der Waals surface area contributed by atoms with Crippen molar-refractivity contribution in [3.05, 3.63) is 42.3 Å². The highest BCUT2D eigenvalue weighted by Gasteiger charge is 2.41. The summed E-state index contributed by atoms with van der Waals surface area (Å²) in [5.74, 6) is 2.06. The molecule has 1 aliphatic heterocycles. The van der Waals surface area contributed by atoms with Gasteiger partial charge in [0.05, 0.1) is 19.1 Å². The number of hydrogen-bond acceptors (Lipinski definition) is 4. The number of carbonyl (C=O) groups is 1. The maximum absolute atomic E-state index is 13.9. The Hall–Kier alpha value is -1.46. The van der Waals surface area contributed by atoms with Crippen LogP contribution in [0.15, 0.2) is 30.3 Å². The van der Waals surface area contributed by atoms with Gasteiger partial charge >= 0.3 is 5.97 Å². The summed E-state index contributed by atoms with van der Waals surface area (Å²) in [6, 6.07) is 9.98. The zero-order valence-corrected chi connectivity index (χ0v) is 18.6. The second kappa shape index (κ2) is 10.9. The van der Waals surface area contributed by atoms with Gasteiger partial charge in [-0.25, -0.2) is 4.39 Å². The summed E-state index contributed by atoms with van der Waals surface area (Å²) in [4.78, 5) is 12.1. The zero-order valence-electron chi connectivity index (χ0n) is 18.6. The van der Waals surface area contributed by atoms with Gasteiger partial charge in [0.15, 0.2) is 0 Å². The average Bonchev–Trinajstić information content (AvgIpc) is 2.76. The number of hydrogen-bond donors (Lipinski definition) is 0. The average molecular weight is 432 g/mol. The molecule has 2 aliphatic carbocycles. The number of alkyl halides is 1. The van der Waals surface area contributed by atoms with Gasteiger partial charge in [-0.3, -0.25) is 4.79 Å². The molecule has 171 valence electrons. The number of cyclic esters (lactones) is 1. The summed E-state index contributed by atoms with van der Waals surface area (Å²) in [5.41, 5.74) is 1.10. The highest BCUT2D eigenvalue weighted by Crippen LogP contribution is 2.48. The molecular weight excluding hydrogens is 395 g/mol. The Morgan fingerprint density at radius 2 is 1.97 bits per heavy atom. The molecule has 7 unspecified atom stereocenters. The Bertz CT molecular complexity index is 696. The van der Waals surface area contributed by atoms with Crippen molar-refractivity contribution in [1.82, 2.24) is 0 Å². The molecule has 31 heavy (non-hydrogen) atoms. The second-order valence-corrected chi connectivity index (χ2v) is 9.73. The molecule has 4 nitrogen and oxygen atoms in total. The molecule has 1 radical (unpaired) electrons. The van der Waals surface area contributed by atoms with Crippen molar-refractivity contribution in [2.45, 2.75) is 83.3 Å². The first-order chi connectivity index (χ1) is 15.1. The lowest BCUT2D eigenvalue weighted by molar-refractivity contribution is -0.172. The Morgan fingerprint density at radius 1 is 1.13 bits per heavy atom. The monoisotopic (exact) mass is 431 g/mol. The van der Waals surface area contributed by atoms with E-state index >= 15 is 0 Å². The smallest absolute Gasteiger partial charge is 0.308 e. The molecular formula is C26H36FO4. The predicted octanol–water partition coefficient (Wildman–Crippen LogP) is 5.65. The number of fused-ring (bicyclic) bond motifs is 1. The van der Waals surface area contributed by atoms with Crippen LogP contribution in [0.2, 0.25) is 0 Å². The van der Waals surface area contributed by atoms with Crippen LogP contribution in [-0.4, -0.2) is 31.1 Å². The molecule has 4 rings (SSSR count). The van der Waals surface area contributed by atoms with E-state index < -0.39 is 6.17 Å². The van der Waals surface area contributed by atoms with Crippen LogP contribution in [0, 0.1) is 30.1 Å². The largest absolute Gasteiger partial charge is 0.462 e. The van der Waals surface area contributed by atoms with Gasteiger partial charge < -0.3 is 14.2 Å². The van der Waals surface area contributed by atoms with Crippen LogP contribution in [0.1, 0.15) is 63.9 Å². The van der Waals surface area contributed by atoms with E-state index in [1.165, 1.54) is 6.42 Å². The number of ether oxygens (including phenoxy) is 3. The lowest BCUT2D eigenvalue weighted by Crippen LogP contribution is -2.40. The van der Waals surface area contributed by atoms with Gasteiger partial charge in [-0.2, -0.15) is 0 Å². The van der Waals surface area contributed by atoms with Gasteiger partial charge in [-0.05, 0) is 67.8 Å². The Morgan fingerprint density at radius 3 is 2.81 bits per heavy atom. The first-order valence-electron chi connectivity index (χ1n) is 12.0. The van der Waals surface area contributed by atoms with Crippen LogP contribution < -0.4 is 0 Å². The first kappa shape index (κ1) is 22.7. The highest BCUT2D eigenvalue weighted by atomic mass is 19.1. The van der Waals surface area contributed by atoms with Crippen molar-refractivity contribution < 1.29 is 23.4 Å². The van der Waals surface area contributed by atoms with Gasteiger partial charge in [0.2, 0.25) is 0 Å². The normalized spacial score (nSPS) is 35.9. The minimum atomic E-state index is -0.656. The lowest BCUT2D eigenvalue weighted by Gasteiger charge is -2.46. The van der Waals surface area contributed by atoms with Crippen LogP contribution >= 0.6 is 0 Å². The first-order valence-corrected chi connectivity index (χ1v) is 12.0. The van der Waals surface area contributed by atoms with Crippen LogP contribution in [0.5, 0.6) is 0 Å². The van der Waals surface area contributed by atoms with Gasteiger partial charge in [0, 0.05) is 6.42 Å². The highest BCUT2D eigenvalue weighted by molar-refractivity contribution is 5.71. The van der Waals surface area contributed by atoms with Crippen LogP contribution in [0.3, 0.4) is 0 Å². The van der Waals surface area contributed by atoms with Crippen molar-refractivity contribution >= 4 is 5.97 Å². The van der Waals surface area contributed by atoms with Gasteiger partial charge in [0.25, 0.3) is 0 Å². The summed E-state index contributed by atoms with van der Waals surface area (Å²) in [6.45, 7) is 3.02. The molecule has 1 heterocycles. The molecule has 3 fully saturated rings. The number of carbonyl (C=O) groups excluding carboxylic acids is 1. The third-order valence-electron chi connectivity index (χ3n) is 7.52. The van der Waals surface area contributed by atoms with Crippen LogP contribution in [0.25, 0.3) is 0 Å². The summed E-state index contributed by atoms with van der Waals surface area (Å²) in [5, 5.41) is 0. The molecule has 0 amide bonds. The Labute approximate surface area is 185 Å².